The number of phenols is 2. The molecule has 0 atom stereocenters. The van der Waals surface area contributed by atoms with Gasteiger partial charge in [0.15, 0.2) is 0 Å². The molecule has 4 aromatic rings. The average Bonchev–Trinajstić information content (AvgIpc) is 2.87. The van der Waals surface area contributed by atoms with Crippen LogP contribution in [0.5, 0.6) is 11.5 Å². The number of amides is 2. The number of benzene rings is 4. The van der Waals surface area contributed by atoms with Crippen LogP contribution in [0.4, 0.5) is 0 Å². The molecule has 0 saturated carbocycles. The molecule has 2 N–H and O–H groups in total. The minimum atomic E-state index is -0.295. The molecule has 0 fully saturated rings. The third-order valence-corrected chi connectivity index (χ3v) is 7.45. The fraction of sp³-hybridized carbons (Fsp3) is 0.353. The Morgan fingerprint density at radius 1 is 0.550 bits per heavy atom. The van der Waals surface area contributed by atoms with Crippen LogP contribution in [0.1, 0.15) is 76.1 Å². The average molecular weight is 541 g/mol. The van der Waals surface area contributed by atoms with Crippen molar-refractivity contribution >= 4 is 33.4 Å². The lowest BCUT2D eigenvalue weighted by Gasteiger charge is -2.32. The first-order chi connectivity index (χ1) is 18.9. The Morgan fingerprint density at radius 2 is 0.850 bits per heavy atom. The largest absolute Gasteiger partial charge is 0.506 e. The highest BCUT2D eigenvalue weighted by atomic mass is 16.3. The fourth-order valence-corrected chi connectivity index (χ4v) is 5.91. The smallest absolute Gasteiger partial charge is 0.258 e. The van der Waals surface area contributed by atoms with Crippen LogP contribution in [0, 0.1) is 0 Å². The molecule has 4 rings (SSSR count). The summed E-state index contributed by atoms with van der Waals surface area (Å²) in [5.74, 6) is -1.03. The summed E-state index contributed by atoms with van der Waals surface area (Å²) < 4.78 is 0. The van der Waals surface area contributed by atoms with Crippen molar-refractivity contribution in [3.05, 3.63) is 71.8 Å². The fourth-order valence-electron chi connectivity index (χ4n) is 5.91. The van der Waals surface area contributed by atoms with E-state index in [-0.39, 0.29) is 58.6 Å². The number of hydrogen-bond donors (Lipinski definition) is 2. The van der Waals surface area contributed by atoms with Crippen molar-refractivity contribution in [2.24, 2.45) is 0 Å². The van der Waals surface area contributed by atoms with E-state index in [1.54, 1.807) is 21.9 Å². The molecule has 6 heteroatoms. The summed E-state index contributed by atoms with van der Waals surface area (Å²) >= 11 is 0. The van der Waals surface area contributed by atoms with Crippen LogP contribution < -0.4 is 0 Å². The normalized spacial score (nSPS) is 11.8. The molecule has 6 nitrogen and oxygen atoms in total. The van der Waals surface area contributed by atoms with Gasteiger partial charge in [0.1, 0.15) is 11.5 Å². The van der Waals surface area contributed by atoms with Crippen LogP contribution in [-0.4, -0.2) is 56.0 Å². The molecule has 0 aliphatic heterocycles. The van der Waals surface area contributed by atoms with Crippen molar-refractivity contribution in [3.63, 3.8) is 0 Å². The van der Waals surface area contributed by atoms with Gasteiger partial charge >= 0.3 is 0 Å². The van der Waals surface area contributed by atoms with Crippen molar-refractivity contribution in [1.29, 1.82) is 0 Å². The maximum Gasteiger partial charge on any atom is 0.258 e. The van der Waals surface area contributed by atoms with Gasteiger partial charge in [0, 0.05) is 35.3 Å². The summed E-state index contributed by atoms with van der Waals surface area (Å²) in [6.07, 6.45) is 0. The molecule has 0 radical (unpaired) electrons. The number of carbonyl (C=O) groups excluding carboxylic acids is 2. The summed E-state index contributed by atoms with van der Waals surface area (Å²) in [6.45, 7) is 15.6. The lowest BCUT2D eigenvalue weighted by Crippen LogP contribution is -2.42. The minimum Gasteiger partial charge on any atom is -0.506 e. The Hall–Kier alpha value is -4.06. The molecular weight excluding hydrogens is 500 g/mol. The highest BCUT2D eigenvalue weighted by Gasteiger charge is 2.31. The summed E-state index contributed by atoms with van der Waals surface area (Å²) in [4.78, 5) is 31.2. The van der Waals surface area contributed by atoms with Crippen LogP contribution in [0.3, 0.4) is 0 Å². The van der Waals surface area contributed by atoms with Gasteiger partial charge in [0.25, 0.3) is 11.8 Å². The van der Waals surface area contributed by atoms with E-state index in [1.807, 2.05) is 104 Å². The van der Waals surface area contributed by atoms with Gasteiger partial charge in [-0.3, -0.25) is 9.59 Å². The van der Waals surface area contributed by atoms with Crippen molar-refractivity contribution in [2.75, 3.05) is 0 Å². The number of aromatic hydroxyl groups is 2. The summed E-state index contributed by atoms with van der Waals surface area (Å²) in [6, 6.07) is 18.0. The maximum atomic E-state index is 13.9. The number of carbonyl (C=O) groups is 2. The second-order valence-corrected chi connectivity index (χ2v) is 11.5. The zero-order valence-electron chi connectivity index (χ0n) is 24.7. The molecule has 2 amide bonds. The van der Waals surface area contributed by atoms with Crippen LogP contribution >= 0.6 is 0 Å². The Morgan fingerprint density at radius 3 is 1.15 bits per heavy atom. The predicted molar refractivity (Wildman–Crippen MR) is 163 cm³/mol. The van der Waals surface area contributed by atoms with Gasteiger partial charge in [-0.2, -0.15) is 0 Å². The third kappa shape index (κ3) is 4.99. The van der Waals surface area contributed by atoms with Crippen molar-refractivity contribution in [3.8, 4) is 22.6 Å². The van der Waals surface area contributed by atoms with Crippen LogP contribution in [0.2, 0.25) is 0 Å². The first kappa shape index (κ1) is 28.9. The lowest BCUT2D eigenvalue weighted by atomic mass is 9.88. The molecule has 0 aliphatic rings. The van der Waals surface area contributed by atoms with Crippen LogP contribution in [-0.2, 0) is 0 Å². The lowest BCUT2D eigenvalue weighted by molar-refractivity contribution is 0.0631. The topological polar surface area (TPSA) is 81.1 Å². The number of hydrogen-bond acceptors (Lipinski definition) is 4. The molecule has 0 heterocycles. The Bertz CT molecular complexity index is 1450. The van der Waals surface area contributed by atoms with Crippen molar-refractivity contribution in [2.45, 2.75) is 79.6 Å². The first-order valence-corrected chi connectivity index (χ1v) is 14.0. The minimum absolute atomic E-state index is 0.0879. The van der Waals surface area contributed by atoms with Gasteiger partial charge in [0.05, 0.1) is 11.1 Å². The van der Waals surface area contributed by atoms with Gasteiger partial charge in [-0.05, 0) is 89.1 Å². The standard InChI is InChI=1S/C34H40N2O4/c1-19(2)35(20(3)4)33(39)27-17-23-13-9-11-15-25(23)29(31(27)37)30-26-16-12-10-14-24(26)18-28(32(30)38)34(40)36(21(5)6)22(7)8/h9-22,37-38H,1-8H3. The van der Waals surface area contributed by atoms with E-state index in [0.29, 0.717) is 21.9 Å². The van der Waals surface area contributed by atoms with E-state index in [2.05, 4.69) is 0 Å². The van der Waals surface area contributed by atoms with Crippen molar-refractivity contribution < 1.29 is 19.8 Å². The Labute approximate surface area is 236 Å². The molecule has 0 bridgehead atoms. The van der Waals surface area contributed by atoms with Gasteiger partial charge in [-0.25, -0.2) is 0 Å². The second kappa shape index (κ2) is 11.2. The van der Waals surface area contributed by atoms with Gasteiger partial charge < -0.3 is 20.0 Å². The van der Waals surface area contributed by atoms with Crippen LogP contribution in [0.25, 0.3) is 32.7 Å². The molecule has 0 aromatic heterocycles. The van der Waals surface area contributed by atoms with Crippen molar-refractivity contribution in [1.82, 2.24) is 9.80 Å². The quantitative estimate of drug-likeness (QED) is 0.253. The zero-order valence-corrected chi connectivity index (χ0v) is 24.7. The number of phenolic OH excluding ortho intramolecular Hbond substituents is 2. The first-order valence-electron chi connectivity index (χ1n) is 14.0. The zero-order chi connectivity index (χ0) is 29.5. The maximum absolute atomic E-state index is 13.9. The summed E-state index contributed by atoms with van der Waals surface area (Å²) in [5, 5.41) is 26.6. The van der Waals surface area contributed by atoms with E-state index >= 15 is 0 Å². The molecule has 0 spiro atoms. The SMILES string of the molecule is CC(C)N(C(=O)c1cc2ccccc2c(-c2c(O)c(C(=O)N(C(C)C)C(C)C)cc3ccccc23)c1O)C(C)C. The number of rotatable bonds is 7. The van der Waals surface area contributed by atoms with E-state index in [4.69, 9.17) is 0 Å². The van der Waals surface area contributed by atoms with Crippen LogP contribution in [0.15, 0.2) is 60.7 Å². The Balaban J connectivity index is 2.13. The summed E-state index contributed by atoms with van der Waals surface area (Å²) in [5.41, 5.74) is 0.973. The summed E-state index contributed by atoms with van der Waals surface area (Å²) in [7, 11) is 0. The number of nitrogens with zero attached hydrogens (tertiary/aromatic N) is 2. The molecule has 40 heavy (non-hydrogen) atoms. The second-order valence-electron chi connectivity index (χ2n) is 11.5. The highest BCUT2D eigenvalue weighted by molar-refractivity contribution is 6.16. The molecule has 0 saturated heterocycles. The van der Waals surface area contributed by atoms with Gasteiger partial charge in [0.2, 0.25) is 0 Å². The molecule has 210 valence electrons. The highest BCUT2D eigenvalue weighted by Crippen LogP contribution is 2.48. The van der Waals surface area contributed by atoms with Gasteiger partial charge in [-0.15, -0.1) is 0 Å². The van der Waals surface area contributed by atoms with E-state index in [9.17, 15) is 19.8 Å². The molecule has 4 aromatic carbocycles. The van der Waals surface area contributed by atoms with E-state index < -0.39 is 0 Å². The third-order valence-electron chi connectivity index (χ3n) is 7.45. The van der Waals surface area contributed by atoms with E-state index in [0.717, 1.165) is 10.8 Å². The molecule has 0 unspecified atom stereocenters. The number of fused-ring (bicyclic) bond motifs is 2. The predicted octanol–water partition coefficient (Wildman–Crippen LogP) is 7.59. The monoisotopic (exact) mass is 540 g/mol. The van der Waals surface area contributed by atoms with E-state index in [1.165, 1.54) is 0 Å². The van der Waals surface area contributed by atoms with Gasteiger partial charge in [-0.1, -0.05) is 48.5 Å². The Kier molecular flexibility index (Phi) is 8.10. The molecule has 0 aliphatic carbocycles. The molecular formula is C34H40N2O4.